The van der Waals surface area contributed by atoms with Gasteiger partial charge in [0.2, 0.25) is 5.91 Å². The molecule has 0 saturated carbocycles. The van der Waals surface area contributed by atoms with E-state index in [1.54, 1.807) is 32.2 Å². The molecule has 6 heteroatoms. The molecule has 0 radical (unpaired) electrons. The zero-order valence-corrected chi connectivity index (χ0v) is 11.0. The molecule has 2 aromatic rings. The Morgan fingerprint density at radius 3 is 3.11 bits per heavy atom. The number of rotatable bonds is 6. The van der Waals surface area contributed by atoms with E-state index >= 15 is 0 Å². The molecule has 0 aliphatic rings. The number of ether oxygens (including phenoxy) is 1. The van der Waals surface area contributed by atoms with Crippen molar-refractivity contribution in [3.8, 4) is 0 Å². The molecule has 1 aromatic carbocycles. The van der Waals surface area contributed by atoms with Crippen molar-refractivity contribution in [2.45, 2.75) is 6.92 Å². The van der Waals surface area contributed by atoms with Crippen molar-refractivity contribution >= 4 is 22.7 Å². The van der Waals surface area contributed by atoms with Gasteiger partial charge in [0.25, 0.3) is 0 Å². The fourth-order valence-electron chi connectivity index (χ4n) is 1.70. The average Bonchev–Trinajstić information content (AvgIpc) is 2.74. The first-order valence-electron chi connectivity index (χ1n) is 6.06. The standard InChI is InChI=1S/C13H17N3O3/c1-9-15-11-7-10(3-4-12(11)19-9)16-13(17)8-14-5-6-18-2/h3-4,7,14H,5-6,8H2,1-2H3,(H,16,17). The molecule has 0 aliphatic heterocycles. The van der Waals surface area contributed by atoms with E-state index in [9.17, 15) is 4.79 Å². The van der Waals surface area contributed by atoms with E-state index in [-0.39, 0.29) is 12.5 Å². The minimum Gasteiger partial charge on any atom is -0.441 e. The van der Waals surface area contributed by atoms with Gasteiger partial charge in [-0.1, -0.05) is 0 Å². The zero-order valence-electron chi connectivity index (χ0n) is 11.0. The molecule has 1 aromatic heterocycles. The van der Waals surface area contributed by atoms with Crippen molar-refractivity contribution in [3.63, 3.8) is 0 Å². The molecule has 1 amide bonds. The number of amides is 1. The number of oxazole rings is 1. The number of carbonyl (C=O) groups is 1. The second-order valence-electron chi connectivity index (χ2n) is 4.13. The van der Waals surface area contributed by atoms with Crippen molar-refractivity contribution < 1.29 is 13.9 Å². The molecule has 2 rings (SSSR count). The lowest BCUT2D eigenvalue weighted by atomic mass is 10.3. The van der Waals surface area contributed by atoms with Gasteiger partial charge in [0, 0.05) is 26.3 Å². The monoisotopic (exact) mass is 263 g/mol. The summed E-state index contributed by atoms with van der Waals surface area (Å²) in [7, 11) is 1.62. The lowest BCUT2D eigenvalue weighted by Crippen LogP contribution is -2.30. The van der Waals surface area contributed by atoms with Crippen molar-refractivity contribution in [3.05, 3.63) is 24.1 Å². The maximum atomic E-state index is 11.7. The van der Waals surface area contributed by atoms with Crippen LogP contribution in [0.15, 0.2) is 22.6 Å². The van der Waals surface area contributed by atoms with E-state index < -0.39 is 0 Å². The molecule has 0 spiro atoms. The lowest BCUT2D eigenvalue weighted by Gasteiger charge is -2.06. The number of anilines is 1. The molecular formula is C13H17N3O3. The summed E-state index contributed by atoms with van der Waals surface area (Å²) in [5, 5.41) is 5.77. The summed E-state index contributed by atoms with van der Waals surface area (Å²) in [5.41, 5.74) is 2.16. The number of aryl methyl sites for hydroxylation is 1. The first-order valence-corrected chi connectivity index (χ1v) is 6.06. The predicted octanol–water partition coefficient (Wildman–Crippen LogP) is 1.31. The first-order chi connectivity index (χ1) is 9.19. The lowest BCUT2D eigenvalue weighted by molar-refractivity contribution is -0.115. The fraction of sp³-hybridized carbons (Fsp3) is 0.385. The number of benzene rings is 1. The second-order valence-corrected chi connectivity index (χ2v) is 4.13. The Morgan fingerprint density at radius 1 is 1.47 bits per heavy atom. The van der Waals surface area contributed by atoms with Crippen LogP contribution in [-0.2, 0) is 9.53 Å². The number of aromatic nitrogens is 1. The molecule has 0 atom stereocenters. The zero-order chi connectivity index (χ0) is 13.7. The average molecular weight is 263 g/mol. The highest BCUT2D eigenvalue weighted by atomic mass is 16.5. The molecule has 0 unspecified atom stereocenters. The van der Waals surface area contributed by atoms with Crippen LogP contribution in [0.5, 0.6) is 0 Å². The first kappa shape index (κ1) is 13.5. The van der Waals surface area contributed by atoms with Gasteiger partial charge in [-0.2, -0.15) is 0 Å². The summed E-state index contributed by atoms with van der Waals surface area (Å²) in [4.78, 5) is 15.9. The molecule has 1 heterocycles. The summed E-state index contributed by atoms with van der Waals surface area (Å²) in [6.07, 6.45) is 0. The van der Waals surface area contributed by atoms with Crippen molar-refractivity contribution in [1.29, 1.82) is 0 Å². The van der Waals surface area contributed by atoms with Gasteiger partial charge in [-0.25, -0.2) is 4.98 Å². The minimum atomic E-state index is -0.101. The van der Waals surface area contributed by atoms with Crippen LogP contribution in [0, 0.1) is 6.92 Å². The quantitative estimate of drug-likeness (QED) is 0.768. The Labute approximate surface area is 111 Å². The minimum absolute atomic E-state index is 0.101. The van der Waals surface area contributed by atoms with Crippen LogP contribution >= 0.6 is 0 Å². The summed E-state index contributed by atoms with van der Waals surface area (Å²) >= 11 is 0. The third-order valence-corrected chi connectivity index (χ3v) is 2.55. The topological polar surface area (TPSA) is 76.4 Å². The molecule has 0 bridgehead atoms. The summed E-state index contributed by atoms with van der Waals surface area (Å²) in [6.45, 7) is 3.26. The second kappa shape index (κ2) is 6.31. The normalized spacial score (nSPS) is 10.8. The SMILES string of the molecule is COCCNCC(=O)Nc1ccc2oc(C)nc2c1. The number of hydrogen-bond donors (Lipinski definition) is 2. The Morgan fingerprint density at radius 2 is 2.32 bits per heavy atom. The third kappa shape index (κ3) is 3.77. The van der Waals surface area contributed by atoms with Gasteiger partial charge in [-0.3, -0.25) is 4.79 Å². The Bertz CT molecular complexity index is 565. The van der Waals surface area contributed by atoms with Gasteiger partial charge in [0.1, 0.15) is 5.52 Å². The van der Waals surface area contributed by atoms with Gasteiger partial charge in [-0.15, -0.1) is 0 Å². The van der Waals surface area contributed by atoms with Gasteiger partial charge in [0.15, 0.2) is 11.5 Å². The fourth-order valence-corrected chi connectivity index (χ4v) is 1.70. The smallest absolute Gasteiger partial charge is 0.238 e. The van der Waals surface area contributed by atoms with E-state index in [2.05, 4.69) is 15.6 Å². The Hall–Kier alpha value is -1.92. The number of nitrogens with zero attached hydrogens (tertiary/aromatic N) is 1. The number of carbonyl (C=O) groups excluding carboxylic acids is 1. The Kier molecular flexibility index (Phi) is 4.48. The molecule has 0 saturated heterocycles. The highest BCUT2D eigenvalue weighted by Gasteiger charge is 2.05. The molecule has 0 fully saturated rings. The predicted molar refractivity (Wildman–Crippen MR) is 72.1 cm³/mol. The maximum Gasteiger partial charge on any atom is 0.238 e. The van der Waals surface area contributed by atoms with Crippen LogP contribution in [-0.4, -0.2) is 37.7 Å². The third-order valence-electron chi connectivity index (χ3n) is 2.55. The van der Waals surface area contributed by atoms with Crippen LogP contribution in [0.4, 0.5) is 5.69 Å². The maximum absolute atomic E-state index is 11.7. The molecular weight excluding hydrogens is 246 g/mol. The summed E-state index contributed by atoms with van der Waals surface area (Å²) in [6, 6.07) is 5.38. The van der Waals surface area contributed by atoms with Gasteiger partial charge in [-0.05, 0) is 18.2 Å². The van der Waals surface area contributed by atoms with Gasteiger partial charge >= 0.3 is 0 Å². The molecule has 6 nitrogen and oxygen atoms in total. The highest BCUT2D eigenvalue weighted by Crippen LogP contribution is 2.19. The number of methoxy groups -OCH3 is 1. The summed E-state index contributed by atoms with van der Waals surface area (Å²) in [5.74, 6) is 0.510. The van der Waals surface area contributed by atoms with E-state index in [1.807, 2.05) is 0 Å². The highest BCUT2D eigenvalue weighted by molar-refractivity contribution is 5.94. The van der Waals surface area contributed by atoms with Crippen molar-refractivity contribution in [2.75, 3.05) is 32.1 Å². The Balaban J connectivity index is 1.91. The molecule has 19 heavy (non-hydrogen) atoms. The van der Waals surface area contributed by atoms with Crippen LogP contribution in [0.3, 0.4) is 0 Å². The molecule has 2 N–H and O–H groups in total. The van der Waals surface area contributed by atoms with Crippen molar-refractivity contribution in [2.24, 2.45) is 0 Å². The number of fused-ring (bicyclic) bond motifs is 1. The van der Waals surface area contributed by atoms with E-state index in [0.717, 1.165) is 5.52 Å². The van der Waals surface area contributed by atoms with E-state index in [4.69, 9.17) is 9.15 Å². The van der Waals surface area contributed by atoms with Crippen molar-refractivity contribution in [1.82, 2.24) is 10.3 Å². The van der Waals surface area contributed by atoms with Gasteiger partial charge < -0.3 is 19.8 Å². The van der Waals surface area contributed by atoms with Crippen LogP contribution in [0.25, 0.3) is 11.1 Å². The van der Waals surface area contributed by atoms with E-state index in [1.165, 1.54) is 0 Å². The molecule has 0 aliphatic carbocycles. The largest absolute Gasteiger partial charge is 0.441 e. The number of hydrogen-bond acceptors (Lipinski definition) is 5. The number of nitrogens with one attached hydrogen (secondary N) is 2. The summed E-state index contributed by atoms with van der Waals surface area (Å²) < 4.78 is 10.2. The van der Waals surface area contributed by atoms with E-state index in [0.29, 0.717) is 30.3 Å². The van der Waals surface area contributed by atoms with Crippen LogP contribution < -0.4 is 10.6 Å². The van der Waals surface area contributed by atoms with Gasteiger partial charge in [0.05, 0.1) is 13.2 Å². The van der Waals surface area contributed by atoms with Crippen LogP contribution in [0.2, 0.25) is 0 Å². The van der Waals surface area contributed by atoms with Crippen LogP contribution in [0.1, 0.15) is 5.89 Å². The molecule has 102 valence electrons.